The number of halogens is 1. The molecule has 0 fully saturated rings. The highest BCUT2D eigenvalue weighted by Gasteiger charge is 2.07. The van der Waals surface area contributed by atoms with Crippen molar-refractivity contribution in [2.45, 2.75) is 6.92 Å². The number of hydrogen-bond donors (Lipinski definition) is 2. The topological polar surface area (TPSA) is 67.4 Å². The van der Waals surface area contributed by atoms with Crippen LogP contribution < -0.4 is 15.4 Å². The predicted molar refractivity (Wildman–Crippen MR) is 121 cm³/mol. The second-order valence-corrected chi connectivity index (χ2v) is 6.80. The summed E-state index contributed by atoms with van der Waals surface area (Å²) in [5.74, 6) is 0.247. The second-order valence-electron chi connectivity index (χ2n) is 6.36. The number of carbonyl (C=O) groups is 2. The van der Waals surface area contributed by atoms with E-state index in [0.29, 0.717) is 28.6 Å². The largest absolute Gasteiger partial charge is 0.494 e. The highest BCUT2D eigenvalue weighted by molar-refractivity contribution is 6.30. The van der Waals surface area contributed by atoms with Crippen LogP contribution >= 0.6 is 11.6 Å². The third-order valence-corrected chi connectivity index (χ3v) is 4.39. The molecule has 0 spiro atoms. The summed E-state index contributed by atoms with van der Waals surface area (Å²) in [6, 6.07) is 21.0. The molecule has 152 valence electrons. The molecule has 0 saturated heterocycles. The molecule has 3 aromatic carbocycles. The first-order valence-corrected chi connectivity index (χ1v) is 9.80. The maximum absolute atomic E-state index is 12.4. The Labute approximate surface area is 180 Å². The number of amides is 2. The van der Waals surface area contributed by atoms with Crippen molar-refractivity contribution in [3.05, 3.63) is 95.0 Å². The molecule has 0 atom stereocenters. The van der Waals surface area contributed by atoms with Crippen molar-refractivity contribution in [1.82, 2.24) is 0 Å². The molecule has 0 heterocycles. The van der Waals surface area contributed by atoms with Crippen LogP contribution in [-0.4, -0.2) is 18.4 Å². The van der Waals surface area contributed by atoms with E-state index in [1.807, 2.05) is 19.1 Å². The van der Waals surface area contributed by atoms with Crippen LogP contribution in [0.25, 0.3) is 6.08 Å². The van der Waals surface area contributed by atoms with E-state index in [1.165, 1.54) is 6.08 Å². The van der Waals surface area contributed by atoms with Gasteiger partial charge in [0.25, 0.3) is 5.91 Å². The van der Waals surface area contributed by atoms with E-state index in [0.717, 1.165) is 11.3 Å². The van der Waals surface area contributed by atoms with Gasteiger partial charge in [0.2, 0.25) is 5.91 Å². The molecule has 0 bridgehead atoms. The van der Waals surface area contributed by atoms with Crippen molar-refractivity contribution in [2.75, 3.05) is 17.2 Å². The molecule has 0 unspecified atom stereocenters. The first kappa shape index (κ1) is 21.1. The Morgan fingerprint density at radius 1 is 0.867 bits per heavy atom. The number of anilines is 2. The van der Waals surface area contributed by atoms with Crippen LogP contribution in [0.3, 0.4) is 0 Å². The molecule has 6 heteroatoms. The Balaban J connectivity index is 1.55. The van der Waals surface area contributed by atoms with Gasteiger partial charge < -0.3 is 15.4 Å². The van der Waals surface area contributed by atoms with Crippen LogP contribution in [0.1, 0.15) is 22.8 Å². The van der Waals surface area contributed by atoms with E-state index >= 15 is 0 Å². The predicted octanol–water partition coefficient (Wildman–Crippen LogP) is 5.64. The summed E-state index contributed by atoms with van der Waals surface area (Å²) in [6.07, 6.45) is 3.14. The van der Waals surface area contributed by atoms with Gasteiger partial charge >= 0.3 is 0 Å². The summed E-state index contributed by atoms with van der Waals surface area (Å²) in [5.41, 5.74) is 2.63. The minimum Gasteiger partial charge on any atom is -0.494 e. The average molecular weight is 421 g/mol. The van der Waals surface area contributed by atoms with Crippen LogP contribution in [0.15, 0.2) is 78.9 Å². The van der Waals surface area contributed by atoms with E-state index in [2.05, 4.69) is 10.6 Å². The summed E-state index contributed by atoms with van der Waals surface area (Å²) in [4.78, 5) is 24.5. The first-order chi connectivity index (χ1) is 14.5. The molecule has 3 aromatic rings. The van der Waals surface area contributed by atoms with Gasteiger partial charge in [0.1, 0.15) is 5.75 Å². The molecule has 2 N–H and O–H groups in total. The van der Waals surface area contributed by atoms with Crippen molar-refractivity contribution in [3.63, 3.8) is 0 Å². The van der Waals surface area contributed by atoms with E-state index in [4.69, 9.17) is 16.3 Å². The normalized spacial score (nSPS) is 10.6. The number of carbonyl (C=O) groups excluding carboxylic acids is 2. The maximum atomic E-state index is 12.4. The van der Waals surface area contributed by atoms with Gasteiger partial charge in [0.05, 0.1) is 6.61 Å². The lowest BCUT2D eigenvalue weighted by Gasteiger charge is -2.08. The third kappa shape index (κ3) is 6.22. The van der Waals surface area contributed by atoms with Gasteiger partial charge in [-0.25, -0.2) is 0 Å². The van der Waals surface area contributed by atoms with Crippen LogP contribution in [-0.2, 0) is 4.79 Å². The third-order valence-electron chi connectivity index (χ3n) is 4.13. The van der Waals surface area contributed by atoms with Crippen molar-refractivity contribution >= 4 is 40.9 Å². The fraction of sp³-hybridized carbons (Fsp3) is 0.0833. The van der Waals surface area contributed by atoms with Crippen molar-refractivity contribution in [1.29, 1.82) is 0 Å². The monoisotopic (exact) mass is 420 g/mol. The number of nitrogens with one attached hydrogen (secondary N) is 2. The van der Waals surface area contributed by atoms with Crippen LogP contribution in [0, 0.1) is 0 Å². The fourth-order valence-corrected chi connectivity index (χ4v) is 2.77. The highest BCUT2D eigenvalue weighted by Crippen LogP contribution is 2.17. The quantitative estimate of drug-likeness (QED) is 0.486. The summed E-state index contributed by atoms with van der Waals surface area (Å²) in [6.45, 7) is 2.50. The molecule has 30 heavy (non-hydrogen) atoms. The summed E-state index contributed by atoms with van der Waals surface area (Å²) in [7, 11) is 0. The van der Waals surface area contributed by atoms with Gasteiger partial charge in [0, 0.05) is 28.0 Å². The summed E-state index contributed by atoms with van der Waals surface area (Å²) < 4.78 is 5.39. The van der Waals surface area contributed by atoms with Crippen LogP contribution in [0.5, 0.6) is 5.75 Å². The van der Waals surface area contributed by atoms with Crippen LogP contribution in [0.4, 0.5) is 11.4 Å². The van der Waals surface area contributed by atoms with Crippen molar-refractivity contribution in [2.24, 2.45) is 0 Å². The van der Waals surface area contributed by atoms with E-state index in [9.17, 15) is 9.59 Å². The van der Waals surface area contributed by atoms with Gasteiger partial charge in [-0.2, -0.15) is 0 Å². The van der Waals surface area contributed by atoms with E-state index < -0.39 is 0 Å². The molecule has 0 radical (unpaired) electrons. The first-order valence-electron chi connectivity index (χ1n) is 9.42. The lowest BCUT2D eigenvalue weighted by atomic mass is 10.2. The summed E-state index contributed by atoms with van der Waals surface area (Å²) in [5, 5.41) is 6.23. The molecule has 0 aromatic heterocycles. The fourth-order valence-electron chi connectivity index (χ4n) is 2.64. The molecule has 0 aliphatic heterocycles. The van der Waals surface area contributed by atoms with E-state index in [-0.39, 0.29) is 11.8 Å². The zero-order chi connectivity index (χ0) is 21.3. The lowest BCUT2D eigenvalue weighted by Crippen LogP contribution is -2.12. The smallest absolute Gasteiger partial charge is 0.255 e. The Kier molecular flexibility index (Phi) is 7.24. The molecule has 0 saturated carbocycles. The highest BCUT2D eigenvalue weighted by atomic mass is 35.5. The van der Waals surface area contributed by atoms with Gasteiger partial charge in [-0.3, -0.25) is 9.59 Å². The Hall–Kier alpha value is -3.57. The zero-order valence-electron chi connectivity index (χ0n) is 16.4. The van der Waals surface area contributed by atoms with Crippen LogP contribution in [0.2, 0.25) is 5.02 Å². The number of benzene rings is 3. The summed E-state index contributed by atoms with van der Waals surface area (Å²) >= 11 is 5.84. The van der Waals surface area contributed by atoms with Gasteiger partial charge in [-0.15, -0.1) is 0 Å². The number of hydrogen-bond acceptors (Lipinski definition) is 3. The van der Waals surface area contributed by atoms with Gasteiger partial charge in [-0.1, -0.05) is 23.7 Å². The number of ether oxygens (including phenoxy) is 1. The maximum Gasteiger partial charge on any atom is 0.255 e. The molecule has 3 rings (SSSR count). The second kappa shape index (κ2) is 10.3. The molecule has 2 amide bonds. The Morgan fingerprint density at radius 3 is 2.10 bits per heavy atom. The van der Waals surface area contributed by atoms with Crippen molar-refractivity contribution in [3.8, 4) is 5.75 Å². The standard InChI is InChI=1S/C24H21ClN2O3/c1-2-30-22-14-12-21(13-15-22)27-24(29)18-6-10-20(11-7-18)26-23(28)16-5-17-3-8-19(25)9-4-17/h3-16H,2H2,1H3,(H,26,28)(H,27,29)/b16-5+. The number of rotatable bonds is 7. The van der Waals surface area contributed by atoms with Gasteiger partial charge in [-0.05, 0) is 79.2 Å². The molecular formula is C24H21ClN2O3. The molecule has 0 aliphatic rings. The molecule has 5 nitrogen and oxygen atoms in total. The SMILES string of the molecule is CCOc1ccc(NC(=O)c2ccc(NC(=O)/C=C/c3ccc(Cl)cc3)cc2)cc1. The minimum atomic E-state index is -0.267. The molecule has 0 aliphatic carbocycles. The minimum absolute atomic E-state index is 0.236. The Bertz CT molecular complexity index is 1030. The molecular weight excluding hydrogens is 400 g/mol. The van der Waals surface area contributed by atoms with Gasteiger partial charge in [0.15, 0.2) is 0 Å². The Morgan fingerprint density at radius 2 is 1.47 bits per heavy atom. The zero-order valence-corrected chi connectivity index (χ0v) is 17.1. The van der Waals surface area contributed by atoms with E-state index in [1.54, 1.807) is 66.7 Å². The lowest BCUT2D eigenvalue weighted by molar-refractivity contribution is -0.111. The average Bonchev–Trinajstić information content (AvgIpc) is 2.75. The van der Waals surface area contributed by atoms with Crippen molar-refractivity contribution < 1.29 is 14.3 Å².